The molecule has 0 bridgehead atoms. The Balaban J connectivity index is 2.44. The first-order chi connectivity index (χ1) is 7.65. The molecule has 1 aliphatic heterocycles. The normalized spacial score (nSPS) is 20.4. The van der Waals surface area contributed by atoms with Gasteiger partial charge in [0.1, 0.15) is 0 Å². The lowest BCUT2D eigenvalue weighted by Gasteiger charge is -2.29. The van der Waals surface area contributed by atoms with Crippen molar-refractivity contribution in [2.45, 2.75) is 38.6 Å². The van der Waals surface area contributed by atoms with E-state index in [4.69, 9.17) is 5.11 Å². The number of carboxylic acid groups (broad SMARTS) is 1. The van der Waals surface area contributed by atoms with Gasteiger partial charge in [0, 0.05) is 13.1 Å². The first kappa shape index (κ1) is 13.0. The number of nitrogens with zero attached hydrogens (tertiary/aromatic N) is 1. The number of carboxylic acids is 1. The molecule has 1 aliphatic rings. The third-order valence-electron chi connectivity index (χ3n) is 2.90. The Labute approximate surface area is 95.8 Å². The number of nitrogens with one attached hydrogen (secondary N) is 1. The van der Waals surface area contributed by atoms with E-state index < -0.39 is 5.97 Å². The molecule has 2 N–H and O–H groups in total. The first-order valence-electron chi connectivity index (χ1n) is 5.89. The second-order valence-corrected chi connectivity index (χ2v) is 4.06. The van der Waals surface area contributed by atoms with Crippen molar-refractivity contribution in [2.75, 3.05) is 19.6 Å². The number of hydrogen-bond donors (Lipinski definition) is 2. The Morgan fingerprint density at radius 1 is 1.44 bits per heavy atom. The van der Waals surface area contributed by atoms with Gasteiger partial charge in [0.25, 0.3) is 0 Å². The summed E-state index contributed by atoms with van der Waals surface area (Å²) in [5.74, 6) is -0.814. The molecule has 0 aromatic heterocycles. The van der Waals surface area contributed by atoms with Gasteiger partial charge >= 0.3 is 5.97 Å². The zero-order chi connectivity index (χ0) is 12.0. The minimum absolute atomic E-state index is 0.0201. The van der Waals surface area contributed by atoms with Crippen LogP contribution in [0.15, 0.2) is 0 Å². The van der Waals surface area contributed by atoms with E-state index in [2.05, 4.69) is 5.32 Å². The van der Waals surface area contributed by atoms with Gasteiger partial charge in [0.2, 0.25) is 5.91 Å². The summed E-state index contributed by atoms with van der Waals surface area (Å²) in [7, 11) is 0. The fourth-order valence-electron chi connectivity index (χ4n) is 1.94. The van der Waals surface area contributed by atoms with Crippen LogP contribution in [0.4, 0.5) is 0 Å². The van der Waals surface area contributed by atoms with Crippen LogP contribution in [0.2, 0.25) is 0 Å². The zero-order valence-corrected chi connectivity index (χ0v) is 9.74. The molecule has 0 spiro atoms. The van der Waals surface area contributed by atoms with E-state index in [1.54, 1.807) is 4.90 Å². The van der Waals surface area contributed by atoms with Crippen molar-refractivity contribution >= 4 is 11.9 Å². The molecule has 1 saturated heterocycles. The summed E-state index contributed by atoms with van der Waals surface area (Å²) >= 11 is 0. The monoisotopic (exact) mass is 228 g/mol. The van der Waals surface area contributed by atoms with Crippen LogP contribution in [-0.2, 0) is 9.59 Å². The molecular formula is C11H20N2O3. The molecular weight excluding hydrogens is 208 g/mol. The average molecular weight is 228 g/mol. The van der Waals surface area contributed by atoms with E-state index in [1.807, 2.05) is 6.92 Å². The van der Waals surface area contributed by atoms with Gasteiger partial charge in [0.05, 0.1) is 12.5 Å². The Bertz CT molecular complexity index is 250. The molecule has 5 nitrogen and oxygen atoms in total. The van der Waals surface area contributed by atoms with Crippen molar-refractivity contribution in [3.8, 4) is 0 Å². The number of piperidine rings is 1. The molecule has 0 aliphatic carbocycles. The number of hydrogen-bond acceptors (Lipinski definition) is 3. The smallest absolute Gasteiger partial charge is 0.305 e. The summed E-state index contributed by atoms with van der Waals surface area (Å²) in [6.45, 7) is 3.64. The van der Waals surface area contributed by atoms with Crippen molar-refractivity contribution in [3.05, 3.63) is 0 Å². The van der Waals surface area contributed by atoms with Crippen molar-refractivity contribution in [1.29, 1.82) is 0 Å². The number of likely N-dealkylation sites (N-methyl/N-ethyl adjacent to an activating group) is 1. The lowest BCUT2D eigenvalue weighted by Crippen LogP contribution is -2.49. The molecule has 16 heavy (non-hydrogen) atoms. The summed E-state index contributed by atoms with van der Waals surface area (Å²) in [4.78, 5) is 24.1. The maximum absolute atomic E-state index is 12.0. The molecule has 1 amide bonds. The van der Waals surface area contributed by atoms with Gasteiger partial charge in [-0.1, -0.05) is 6.42 Å². The van der Waals surface area contributed by atoms with Crippen LogP contribution in [0.1, 0.15) is 32.6 Å². The fraction of sp³-hybridized carbons (Fsp3) is 0.818. The average Bonchev–Trinajstić information content (AvgIpc) is 2.30. The SMILES string of the molecule is CCN(CCC(=O)O)C(=O)C1CCCCN1. The lowest BCUT2D eigenvalue weighted by atomic mass is 10.0. The molecule has 1 heterocycles. The van der Waals surface area contributed by atoms with Crippen LogP contribution >= 0.6 is 0 Å². The van der Waals surface area contributed by atoms with Crippen LogP contribution in [-0.4, -0.2) is 47.6 Å². The number of aliphatic carboxylic acids is 1. The standard InChI is InChI=1S/C11H20N2O3/c1-2-13(8-6-10(14)15)11(16)9-5-3-4-7-12-9/h9,12H,2-8H2,1H3,(H,14,15). The van der Waals surface area contributed by atoms with E-state index in [1.165, 1.54) is 0 Å². The van der Waals surface area contributed by atoms with E-state index in [0.717, 1.165) is 25.8 Å². The van der Waals surface area contributed by atoms with Crippen molar-refractivity contribution in [3.63, 3.8) is 0 Å². The Kier molecular flexibility index (Phi) is 5.25. The highest BCUT2D eigenvalue weighted by Crippen LogP contribution is 2.10. The van der Waals surface area contributed by atoms with Crippen LogP contribution < -0.4 is 5.32 Å². The second kappa shape index (κ2) is 6.48. The highest BCUT2D eigenvalue weighted by Gasteiger charge is 2.24. The molecule has 0 aromatic carbocycles. The number of rotatable bonds is 5. The highest BCUT2D eigenvalue weighted by atomic mass is 16.4. The molecule has 92 valence electrons. The van der Waals surface area contributed by atoms with Crippen LogP contribution in [0.3, 0.4) is 0 Å². The fourth-order valence-corrected chi connectivity index (χ4v) is 1.94. The zero-order valence-electron chi connectivity index (χ0n) is 9.74. The summed E-state index contributed by atoms with van der Waals surface area (Å²) in [5, 5.41) is 11.8. The number of carbonyl (C=O) groups excluding carboxylic acids is 1. The summed E-state index contributed by atoms with van der Waals surface area (Å²) < 4.78 is 0. The first-order valence-corrected chi connectivity index (χ1v) is 5.89. The summed E-state index contributed by atoms with van der Waals surface area (Å²) in [6.07, 6.45) is 3.07. The van der Waals surface area contributed by atoms with Crippen molar-refractivity contribution in [1.82, 2.24) is 10.2 Å². The van der Waals surface area contributed by atoms with Crippen molar-refractivity contribution < 1.29 is 14.7 Å². The van der Waals surface area contributed by atoms with Gasteiger partial charge in [-0.3, -0.25) is 9.59 Å². The van der Waals surface area contributed by atoms with E-state index in [9.17, 15) is 9.59 Å². The topological polar surface area (TPSA) is 69.6 Å². The molecule has 0 aromatic rings. The molecule has 1 atom stereocenters. The van der Waals surface area contributed by atoms with E-state index in [-0.39, 0.29) is 18.4 Å². The highest BCUT2D eigenvalue weighted by molar-refractivity contribution is 5.82. The Morgan fingerprint density at radius 2 is 2.19 bits per heavy atom. The number of amides is 1. The van der Waals surface area contributed by atoms with Gasteiger partial charge in [-0.05, 0) is 26.3 Å². The Hall–Kier alpha value is -1.10. The van der Waals surface area contributed by atoms with E-state index in [0.29, 0.717) is 13.1 Å². The maximum atomic E-state index is 12.0. The maximum Gasteiger partial charge on any atom is 0.305 e. The minimum atomic E-state index is -0.858. The second-order valence-electron chi connectivity index (χ2n) is 4.06. The summed E-state index contributed by atoms with van der Waals surface area (Å²) in [6, 6.07) is -0.109. The number of carbonyl (C=O) groups is 2. The van der Waals surface area contributed by atoms with Crippen LogP contribution in [0.25, 0.3) is 0 Å². The molecule has 5 heteroatoms. The van der Waals surface area contributed by atoms with Gasteiger partial charge in [-0.2, -0.15) is 0 Å². The molecule has 1 fully saturated rings. The van der Waals surface area contributed by atoms with Gasteiger partial charge in [-0.15, -0.1) is 0 Å². The molecule has 0 saturated carbocycles. The Morgan fingerprint density at radius 3 is 2.69 bits per heavy atom. The third kappa shape index (κ3) is 3.81. The van der Waals surface area contributed by atoms with Crippen molar-refractivity contribution in [2.24, 2.45) is 0 Å². The van der Waals surface area contributed by atoms with Crippen LogP contribution in [0.5, 0.6) is 0 Å². The molecule has 0 radical (unpaired) electrons. The van der Waals surface area contributed by atoms with Crippen LogP contribution in [0, 0.1) is 0 Å². The van der Waals surface area contributed by atoms with Gasteiger partial charge < -0.3 is 15.3 Å². The minimum Gasteiger partial charge on any atom is -0.481 e. The van der Waals surface area contributed by atoms with Gasteiger partial charge in [0.15, 0.2) is 0 Å². The largest absolute Gasteiger partial charge is 0.481 e. The lowest BCUT2D eigenvalue weighted by molar-refractivity contribution is -0.139. The molecule has 1 rings (SSSR count). The quantitative estimate of drug-likeness (QED) is 0.717. The predicted molar refractivity (Wildman–Crippen MR) is 60.1 cm³/mol. The third-order valence-corrected chi connectivity index (χ3v) is 2.90. The summed E-state index contributed by atoms with van der Waals surface area (Å²) in [5.41, 5.74) is 0. The molecule has 1 unspecified atom stereocenters. The predicted octanol–water partition coefficient (Wildman–Crippen LogP) is 0.452. The van der Waals surface area contributed by atoms with Gasteiger partial charge in [-0.25, -0.2) is 0 Å². The van der Waals surface area contributed by atoms with E-state index >= 15 is 0 Å².